The fraction of sp³-hybridized carbons (Fsp3) is 0.222. The maximum atomic E-state index is 12.2. The third-order valence-electron chi connectivity index (χ3n) is 3.52. The number of hydrogen-bond acceptors (Lipinski definition) is 5. The Morgan fingerprint density at radius 2 is 2.00 bits per heavy atom. The minimum Gasteiger partial charge on any atom is -0.386 e. The summed E-state index contributed by atoms with van der Waals surface area (Å²) in [7, 11) is 0. The lowest BCUT2D eigenvalue weighted by Gasteiger charge is -2.20. The summed E-state index contributed by atoms with van der Waals surface area (Å²) in [5.41, 5.74) is 9.25. The molecule has 6 N–H and O–H groups in total. The molecule has 0 aromatic heterocycles. The van der Waals surface area contributed by atoms with E-state index in [1.807, 2.05) is 18.4 Å². The van der Waals surface area contributed by atoms with Gasteiger partial charge in [-0.1, -0.05) is 11.8 Å². The topological polar surface area (TPSA) is 116 Å². The van der Waals surface area contributed by atoms with Gasteiger partial charge in [-0.2, -0.15) is 0 Å². The summed E-state index contributed by atoms with van der Waals surface area (Å²) in [5, 5.41) is 14.3. The standard InChI is InChI=1S/C18H20N4O3/c1-12(19)16(18(24)22-25)21-17(23)15-8-6-13(7-9-15)4-5-14-3-2-10-20-11-14/h2-3,6-10,12,16,20,25H,11,19H2,1H3,(H,21,23)(H,22,24)/t12-,16+/m1/s1. The van der Waals surface area contributed by atoms with Gasteiger partial charge in [0.2, 0.25) is 0 Å². The summed E-state index contributed by atoms with van der Waals surface area (Å²) in [6.07, 6.45) is 5.68. The molecule has 130 valence electrons. The van der Waals surface area contributed by atoms with Crippen molar-refractivity contribution in [2.75, 3.05) is 6.54 Å². The molecule has 7 heteroatoms. The number of nitrogens with one attached hydrogen (secondary N) is 3. The van der Waals surface area contributed by atoms with Gasteiger partial charge in [0.1, 0.15) is 6.04 Å². The quantitative estimate of drug-likeness (QED) is 0.301. The summed E-state index contributed by atoms with van der Waals surface area (Å²) in [6, 6.07) is 4.98. The fourth-order valence-electron chi connectivity index (χ4n) is 2.13. The van der Waals surface area contributed by atoms with E-state index >= 15 is 0 Å². The van der Waals surface area contributed by atoms with E-state index in [2.05, 4.69) is 22.5 Å². The number of hydrogen-bond donors (Lipinski definition) is 5. The first-order valence-electron chi connectivity index (χ1n) is 7.73. The molecule has 2 amide bonds. The highest BCUT2D eigenvalue weighted by Gasteiger charge is 2.24. The number of carbonyl (C=O) groups excluding carboxylic acids is 2. The van der Waals surface area contributed by atoms with Crippen LogP contribution in [0.1, 0.15) is 22.8 Å². The molecule has 1 aromatic carbocycles. The maximum absolute atomic E-state index is 12.2. The molecule has 0 saturated carbocycles. The van der Waals surface area contributed by atoms with Gasteiger partial charge in [-0.3, -0.25) is 14.8 Å². The highest BCUT2D eigenvalue weighted by Crippen LogP contribution is 2.05. The van der Waals surface area contributed by atoms with E-state index in [4.69, 9.17) is 10.9 Å². The van der Waals surface area contributed by atoms with Crippen molar-refractivity contribution in [3.63, 3.8) is 0 Å². The zero-order valence-electron chi connectivity index (χ0n) is 13.7. The predicted molar refractivity (Wildman–Crippen MR) is 93.4 cm³/mol. The number of benzene rings is 1. The second-order valence-corrected chi connectivity index (χ2v) is 5.55. The molecular weight excluding hydrogens is 320 g/mol. The Balaban J connectivity index is 2.05. The monoisotopic (exact) mass is 340 g/mol. The van der Waals surface area contributed by atoms with Crippen LogP contribution < -0.4 is 21.8 Å². The minimum atomic E-state index is -1.03. The molecule has 0 unspecified atom stereocenters. The Morgan fingerprint density at radius 3 is 2.56 bits per heavy atom. The van der Waals surface area contributed by atoms with Crippen LogP contribution in [-0.2, 0) is 4.79 Å². The van der Waals surface area contributed by atoms with Crippen LogP contribution in [0.2, 0.25) is 0 Å². The van der Waals surface area contributed by atoms with E-state index in [0.29, 0.717) is 12.1 Å². The molecule has 1 aromatic rings. The normalized spacial score (nSPS) is 14.9. The number of allylic oxidation sites excluding steroid dienone is 2. The van der Waals surface area contributed by atoms with Crippen LogP contribution in [0.5, 0.6) is 0 Å². The maximum Gasteiger partial charge on any atom is 0.267 e. The summed E-state index contributed by atoms with van der Waals surface area (Å²) >= 11 is 0. The molecular formula is C18H20N4O3. The van der Waals surface area contributed by atoms with Crippen molar-refractivity contribution in [3.05, 3.63) is 59.3 Å². The van der Waals surface area contributed by atoms with Gasteiger partial charge >= 0.3 is 0 Å². The Hall–Kier alpha value is -3.08. The first-order valence-corrected chi connectivity index (χ1v) is 7.73. The summed E-state index contributed by atoms with van der Waals surface area (Å²) < 4.78 is 0. The van der Waals surface area contributed by atoms with Crippen LogP contribution >= 0.6 is 0 Å². The highest BCUT2D eigenvalue weighted by molar-refractivity contribution is 5.97. The third kappa shape index (κ3) is 5.21. The van der Waals surface area contributed by atoms with Crippen molar-refractivity contribution < 1.29 is 14.8 Å². The Bertz CT molecular complexity index is 755. The third-order valence-corrected chi connectivity index (χ3v) is 3.52. The van der Waals surface area contributed by atoms with Crippen LogP contribution in [0.15, 0.2) is 48.2 Å². The van der Waals surface area contributed by atoms with Gasteiger partial charge < -0.3 is 16.4 Å². The Labute approximate surface area is 145 Å². The van der Waals surface area contributed by atoms with E-state index in [1.165, 1.54) is 5.48 Å². The lowest BCUT2D eigenvalue weighted by molar-refractivity contribution is -0.131. The molecule has 2 atom stereocenters. The number of nitrogens with two attached hydrogens (primary N) is 1. The van der Waals surface area contributed by atoms with E-state index in [9.17, 15) is 9.59 Å². The Kier molecular flexibility index (Phi) is 6.34. The average Bonchev–Trinajstić information content (AvgIpc) is 2.64. The predicted octanol–water partition coefficient (Wildman–Crippen LogP) is 0.0324. The SMILES string of the molecule is C[C@@H](N)[C@H](NC(=O)c1ccc(C#CC2=CC=CNC2)cc1)C(=O)NO. The molecule has 0 bridgehead atoms. The van der Waals surface area contributed by atoms with Gasteiger partial charge in [0.05, 0.1) is 0 Å². The van der Waals surface area contributed by atoms with Gasteiger partial charge in [-0.25, -0.2) is 5.48 Å². The number of dihydropyridines is 1. The van der Waals surface area contributed by atoms with Crippen molar-refractivity contribution in [1.29, 1.82) is 0 Å². The summed E-state index contributed by atoms with van der Waals surface area (Å²) in [5.74, 6) is 4.85. The molecule has 7 nitrogen and oxygen atoms in total. The van der Waals surface area contributed by atoms with Crippen LogP contribution in [0, 0.1) is 11.8 Å². The largest absolute Gasteiger partial charge is 0.386 e. The van der Waals surface area contributed by atoms with Gasteiger partial charge in [-0.15, -0.1) is 0 Å². The molecule has 1 aliphatic rings. The van der Waals surface area contributed by atoms with Crippen LogP contribution in [0.25, 0.3) is 0 Å². The summed E-state index contributed by atoms with van der Waals surface area (Å²) in [6.45, 7) is 2.25. The molecule has 0 saturated heterocycles. The summed E-state index contributed by atoms with van der Waals surface area (Å²) in [4.78, 5) is 23.7. The van der Waals surface area contributed by atoms with Gasteiger partial charge in [0.15, 0.2) is 0 Å². The number of carbonyl (C=O) groups is 2. The Morgan fingerprint density at radius 1 is 1.28 bits per heavy atom. The number of rotatable bonds is 4. The molecule has 0 spiro atoms. The van der Waals surface area contributed by atoms with E-state index < -0.39 is 23.9 Å². The lowest BCUT2D eigenvalue weighted by atomic mass is 10.1. The molecule has 2 rings (SSSR count). The highest BCUT2D eigenvalue weighted by atomic mass is 16.5. The average molecular weight is 340 g/mol. The zero-order valence-corrected chi connectivity index (χ0v) is 13.7. The molecule has 0 aliphatic carbocycles. The molecule has 1 aliphatic heterocycles. The van der Waals surface area contributed by atoms with Gasteiger partial charge in [0.25, 0.3) is 11.8 Å². The van der Waals surface area contributed by atoms with Crippen LogP contribution in [0.3, 0.4) is 0 Å². The molecule has 25 heavy (non-hydrogen) atoms. The van der Waals surface area contributed by atoms with Crippen LogP contribution in [0.4, 0.5) is 0 Å². The van der Waals surface area contributed by atoms with E-state index in [-0.39, 0.29) is 0 Å². The number of amides is 2. The molecule has 1 heterocycles. The minimum absolute atomic E-state index is 0.364. The number of hydroxylamine groups is 1. The van der Waals surface area contributed by atoms with Crippen molar-refractivity contribution in [3.8, 4) is 11.8 Å². The smallest absolute Gasteiger partial charge is 0.267 e. The molecule has 0 radical (unpaired) electrons. The van der Waals surface area contributed by atoms with Gasteiger partial charge in [-0.05, 0) is 49.5 Å². The van der Waals surface area contributed by atoms with Gasteiger partial charge in [0, 0.05) is 29.3 Å². The lowest BCUT2D eigenvalue weighted by Crippen LogP contribution is -2.54. The van der Waals surface area contributed by atoms with E-state index in [1.54, 1.807) is 31.2 Å². The molecule has 0 fully saturated rings. The second-order valence-electron chi connectivity index (χ2n) is 5.55. The second kappa shape index (κ2) is 8.68. The van der Waals surface area contributed by atoms with Crippen molar-refractivity contribution >= 4 is 11.8 Å². The first-order chi connectivity index (χ1) is 12.0. The van der Waals surface area contributed by atoms with E-state index in [0.717, 1.165) is 11.1 Å². The van der Waals surface area contributed by atoms with Crippen molar-refractivity contribution in [2.24, 2.45) is 5.73 Å². The zero-order chi connectivity index (χ0) is 18.2. The van der Waals surface area contributed by atoms with Crippen LogP contribution in [-0.4, -0.2) is 35.7 Å². The van der Waals surface area contributed by atoms with Crippen molar-refractivity contribution in [2.45, 2.75) is 19.0 Å². The van der Waals surface area contributed by atoms with Crippen molar-refractivity contribution in [1.82, 2.24) is 16.1 Å². The fourth-order valence-corrected chi connectivity index (χ4v) is 2.13. The first kappa shape index (κ1) is 18.3.